The van der Waals surface area contributed by atoms with Crippen molar-refractivity contribution in [3.63, 3.8) is 0 Å². The summed E-state index contributed by atoms with van der Waals surface area (Å²) in [6, 6.07) is 13.9. The molecule has 186 valence electrons. The number of aliphatic hydroxyl groups is 2. The predicted molar refractivity (Wildman–Crippen MR) is 122 cm³/mol. The van der Waals surface area contributed by atoms with E-state index in [0.29, 0.717) is 11.4 Å². The second-order valence-corrected chi connectivity index (χ2v) is 9.03. The third-order valence-electron chi connectivity index (χ3n) is 5.31. The van der Waals surface area contributed by atoms with Gasteiger partial charge in [0.25, 0.3) is 5.56 Å². The highest BCUT2D eigenvalue weighted by atomic mass is 31.2. The molecule has 0 saturated carbocycles. The van der Waals surface area contributed by atoms with Crippen molar-refractivity contribution in [2.45, 2.75) is 31.1 Å². The zero-order valence-corrected chi connectivity index (χ0v) is 19.0. The van der Waals surface area contributed by atoms with E-state index in [9.17, 15) is 24.4 Å². The number of rotatable bonds is 8. The van der Waals surface area contributed by atoms with Crippen molar-refractivity contribution < 1.29 is 33.8 Å². The van der Waals surface area contributed by atoms with Crippen molar-refractivity contribution in [3.8, 4) is 0 Å². The van der Waals surface area contributed by atoms with E-state index in [-0.39, 0.29) is 6.54 Å². The average molecular weight is 506 g/mol. The second-order valence-electron chi connectivity index (χ2n) is 7.79. The van der Waals surface area contributed by atoms with E-state index in [1.807, 2.05) is 30.3 Å². The van der Waals surface area contributed by atoms with Crippen LogP contribution < -0.4 is 16.6 Å². The van der Waals surface area contributed by atoms with Crippen LogP contribution in [0.3, 0.4) is 0 Å². The lowest BCUT2D eigenvalue weighted by atomic mass is 10.1. The van der Waals surface area contributed by atoms with Gasteiger partial charge in [0.15, 0.2) is 6.23 Å². The molecule has 5 N–H and O–H groups in total. The number of pyridine rings is 1. The molecule has 0 radical (unpaired) electrons. The van der Waals surface area contributed by atoms with Crippen LogP contribution >= 0.6 is 7.82 Å². The van der Waals surface area contributed by atoms with Gasteiger partial charge < -0.3 is 30.1 Å². The van der Waals surface area contributed by atoms with E-state index in [1.54, 1.807) is 12.1 Å². The van der Waals surface area contributed by atoms with Gasteiger partial charge in [0.1, 0.15) is 18.3 Å². The Morgan fingerprint density at radius 3 is 2.51 bits per heavy atom. The summed E-state index contributed by atoms with van der Waals surface area (Å²) in [5, 5.41) is 23.7. The number of aliphatic hydroxyl groups excluding tert-OH is 2. The first-order valence-corrected chi connectivity index (χ1v) is 12.0. The number of hydrogen-bond donors (Lipinski definition) is 5. The fourth-order valence-corrected chi connectivity index (χ4v) is 3.97. The normalized spacial score (nSPS) is 22.3. The largest absolute Gasteiger partial charge is 0.469 e. The molecule has 1 unspecified atom stereocenters. The number of para-hydroxylation sites is 1. The number of hydrogen-bond acceptors (Lipinski definition) is 9. The lowest BCUT2D eigenvalue weighted by molar-refractivity contribution is -0.0548. The van der Waals surface area contributed by atoms with E-state index in [1.165, 1.54) is 6.20 Å². The van der Waals surface area contributed by atoms with Crippen molar-refractivity contribution in [1.82, 2.24) is 14.1 Å². The summed E-state index contributed by atoms with van der Waals surface area (Å²) < 4.78 is 22.5. The first-order chi connectivity index (χ1) is 16.6. The molecule has 3 aromatic rings. The third kappa shape index (κ3) is 5.92. The molecule has 1 aliphatic heterocycles. The number of ether oxygens (including phenoxy) is 1. The number of nitrogens with zero attached hydrogens (tertiary/aromatic N) is 3. The highest BCUT2D eigenvalue weighted by Gasteiger charge is 2.45. The highest BCUT2D eigenvalue weighted by molar-refractivity contribution is 7.46. The van der Waals surface area contributed by atoms with Gasteiger partial charge in [-0.1, -0.05) is 18.2 Å². The van der Waals surface area contributed by atoms with Crippen LogP contribution in [-0.4, -0.2) is 59.0 Å². The van der Waals surface area contributed by atoms with Crippen LogP contribution in [0.4, 0.5) is 11.4 Å². The lowest BCUT2D eigenvalue weighted by Crippen LogP contribution is -2.43. The average Bonchev–Trinajstić information content (AvgIpc) is 3.09. The summed E-state index contributed by atoms with van der Waals surface area (Å²) in [6.07, 6.45) is -3.33. The molecule has 2 aromatic heterocycles. The molecule has 0 amide bonds. The van der Waals surface area contributed by atoms with Crippen LogP contribution in [0.2, 0.25) is 0 Å². The number of aromatic nitrogens is 3. The van der Waals surface area contributed by atoms with Gasteiger partial charge in [0.05, 0.1) is 18.8 Å². The molecule has 1 aliphatic rings. The van der Waals surface area contributed by atoms with Crippen molar-refractivity contribution in [1.29, 1.82) is 0 Å². The van der Waals surface area contributed by atoms with E-state index in [4.69, 9.17) is 14.5 Å². The van der Waals surface area contributed by atoms with Crippen LogP contribution in [0, 0.1) is 0 Å². The van der Waals surface area contributed by atoms with Crippen molar-refractivity contribution in [3.05, 3.63) is 87.5 Å². The Balaban J connectivity index is 1.56. The second kappa shape index (κ2) is 10.2. The van der Waals surface area contributed by atoms with Crippen molar-refractivity contribution in [2.24, 2.45) is 0 Å². The summed E-state index contributed by atoms with van der Waals surface area (Å²) in [5.41, 5.74) is 0.476. The highest BCUT2D eigenvalue weighted by Crippen LogP contribution is 2.38. The number of phosphoric acid groups is 1. The first-order valence-electron chi connectivity index (χ1n) is 10.4. The summed E-state index contributed by atoms with van der Waals surface area (Å²) >= 11 is 0. The SMILES string of the molecule is O=c1ccn([C@@H]2O[C@H](COP(=O)(O)O)[C@H](O)C2O)c(=O)n1Cc1cc(Nc2ccccc2)ccn1. The Kier molecular flexibility index (Phi) is 7.28. The molecule has 13 nitrogen and oxygen atoms in total. The minimum absolute atomic E-state index is 0.182. The number of anilines is 2. The zero-order chi connectivity index (χ0) is 25.2. The standard InChI is InChI=1S/C21H23N4O9P/c26-17-7-9-24(20-19(28)18(27)16(34-20)12-33-35(30,31)32)21(29)25(17)11-15-10-14(6-8-22-15)23-13-4-2-1-3-5-13/h1-10,16,18-20,27-28H,11-12H2,(H,22,23)(H2,30,31,32)/t16-,18+,19?,20-/m1/s1. The summed E-state index contributed by atoms with van der Waals surface area (Å²) in [7, 11) is -4.84. The van der Waals surface area contributed by atoms with E-state index >= 15 is 0 Å². The topological polar surface area (TPSA) is 185 Å². The van der Waals surface area contributed by atoms with E-state index in [0.717, 1.165) is 27.1 Å². The fourth-order valence-electron chi connectivity index (χ4n) is 3.63. The zero-order valence-electron chi connectivity index (χ0n) is 18.1. The Bertz CT molecular complexity index is 1340. The molecule has 4 rings (SSSR count). The Labute approximate surface area is 198 Å². The Morgan fingerprint density at radius 2 is 1.80 bits per heavy atom. The Morgan fingerprint density at radius 1 is 1.06 bits per heavy atom. The quantitative estimate of drug-likeness (QED) is 0.258. The summed E-state index contributed by atoms with van der Waals surface area (Å²) in [6.45, 7) is -0.905. The maximum Gasteiger partial charge on any atom is 0.469 e. The van der Waals surface area contributed by atoms with Gasteiger partial charge in [-0.3, -0.25) is 23.4 Å². The maximum atomic E-state index is 13.1. The minimum atomic E-state index is -4.84. The number of nitrogens with one attached hydrogen (secondary N) is 1. The molecule has 35 heavy (non-hydrogen) atoms. The van der Waals surface area contributed by atoms with Gasteiger partial charge in [0.2, 0.25) is 0 Å². The van der Waals surface area contributed by atoms with Crippen LogP contribution in [0.5, 0.6) is 0 Å². The molecule has 0 spiro atoms. The summed E-state index contributed by atoms with van der Waals surface area (Å²) in [5.74, 6) is 0. The van der Waals surface area contributed by atoms with Crippen LogP contribution in [-0.2, 0) is 20.4 Å². The van der Waals surface area contributed by atoms with Crippen molar-refractivity contribution >= 4 is 19.2 Å². The molecule has 3 heterocycles. The predicted octanol–water partition coefficient (Wildman–Crippen LogP) is -0.0746. The lowest BCUT2D eigenvalue weighted by Gasteiger charge is -2.19. The molecule has 1 saturated heterocycles. The van der Waals surface area contributed by atoms with Gasteiger partial charge in [-0.2, -0.15) is 0 Å². The first kappa shape index (κ1) is 24.9. The molecule has 0 bridgehead atoms. The van der Waals surface area contributed by atoms with Crippen LogP contribution in [0.25, 0.3) is 0 Å². The molecular formula is C21H23N4O9P. The number of phosphoric ester groups is 1. The van der Waals surface area contributed by atoms with Gasteiger partial charge in [0, 0.05) is 29.8 Å². The van der Waals surface area contributed by atoms with Gasteiger partial charge in [-0.15, -0.1) is 0 Å². The molecular weight excluding hydrogens is 483 g/mol. The van der Waals surface area contributed by atoms with Gasteiger partial charge >= 0.3 is 13.5 Å². The van der Waals surface area contributed by atoms with E-state index < -0.39 is 50.2 Å². The molecule has 1 aromatic carbocycles. The van der Waals surface area contributed by atoms with Crippen LogP contribution in [0.1, 0.15) is 11.9 Å². The molecule has 14 heteroatoms. The fraction of sp³-hybridized carbons (Fsp3) is 0.286. The summed E-state index contributed by atoms with van der Waals surface area (Å²) in [4.78, 5) is 47.5. The van der Waals surface area contributed by atoms with Gasteiger partial charge in [-0.05, 0) is 24.3 Å². The monoisotopic (exact) mass is 506 g/mol. The Hall–Kier alpha value is -3.16. The number of benzene rings is 1. The molecule has 4 atom stereocenters. The minimum Gasteiger partial charge on any atom is -0.387 e. The third-order valence-corrected chi connectivity index (χ3v) is 5.80. The molecule has 1 fully saturated rings. The maximum absolute atomic E-state index is 13.1. The van der Waals surface area contributed by atoms with Gasteiger partial charge in [-0.25, -0.2) is 9.36 Å². The van der Waals surface area contributed by atoms with E-state index in [2.05, 4.69) is 14.8 Å². The smallest absolute Gasteiger partial charge is 0.387 e. The van der Waals surface area contributed by atoms with Crippen molar-refractivity contribution in [2.75, 3.05) is 11.9 Å². The molecule has 0 aliphatic carbocycles. The van der Waals surface area contributed by atoms with Crippen LogP contribution in [0.15, 0.2) is 70.5 Å².